The molecule has 0 saturated carbocycles. The molecule has 0 spiro atoms. The minimum atomic E-state index is -0.119. The van der Waals surface area contributed by atoms with Gasteiger partial charge in [0.15, 0.2) is 5.78 Å². The molecule has 0 aliphatic heterocycles. The SMILES string of the molecule is COCCC(=O)CC(=O)c1ccc(Br)s1. The molecular weight excluding hydrogens is 280 g/mol. The number of hydrogen-bond donors (Lipinski definition) is 0. The zero-order valence-corrected chi connectivity index (χ0v) is 10.7. The van der Waals surface area contributed by atoms with Crippen molar-refractivity contribution in [3.8, 4) is 0 Å². The number of hydrogen-bond acceptors (Lipinski definition) is 4. The minimum Gasteiger partial charge on any atom is -0.384 e. The van der Waals surface area contributed by atoms with Gasteiger partial charge in [-0.05, 0) is 28.1 Å². The molecule has 82 valence electrons. The summed E-state index contributed by atoms with van der Waals surface area (Å²) in [5.41, 5.74) is 0. The summed E-state index contributed by atoms with van der Waals surface area (Å²) in [5, 5.41) is 0. The van der Waals surface area contributed by atoms with Gasteiger partial charge in [0.2, 0.25) is 0 Å². The second kappa shape index (κ2) is 6.15. The standard InChI is InChI=1S/C10H11BrO3S/c1-14-5-4-7(12)6-8(13)9-2-3-10(11)15-9/h2-3H,4-6H2,1H3. The lowest BCUT2D eigenvalue weighted by Crippen LogP contribution is -2.09. The molecule has 0 bridgehead atoms. The molecule has 0 fully saturated rings. The topological polar surface area (TPSA) is 43.4 Å². The number of Topliss-reactive ketones (excluding diaryl/α,β-unsaturated/α-hetero) is 2. The van der Waals surface area contributed by atoms with Crippen LogP contribution < -0.4 is 0 Å². The summed E-state index contributed by atoms with van der Waals surface area (Å²) in [7, 11) is 1.53. The van der Waals surface area contributed by atoms with E-state index in [0.717, 1.165) is 3.79 Å². The summed E-state index contributed by atoms with van der Waals surface area (Å²) in [6, 6.07) is 3.53. The first-order valence-corrected chi connectivity index (χ1v) is 6.03. The van der Waals surface area contributed by atoms with Crippen molar-refractivity contribution < 1.29 is 14.3 Å². The van der Waals surface area contributed by atoms with Gasteiger partial charge in [0.1, 0.15) is 5.78 Å². The quantitative estimate of drug-likeness (QED) is 0.598. The molecule has 1 aromatic rings. The van der Waals surface area contributed by atoms with Gasteiger partial charge in [0.25, 0.3) is 0 Å². The molecule has 0 amide bonds. The molecule has 0 atom stereocenters. The van der Waals surface area contributed by atoms with Crippen LogP contribution >= 0.6 is 27.3 Å². The van der Waals surface area contributed by atoms with Crippen molar-refractivity contribution in [2.24, 2.45) is 0 Å². The van der Waals surface area contributed by atoms with Crippen LogP contribution in [0.3, 0.4) is 0 Å². The van der Waals surface area contributed by atoms with Gasteiger partial charge < -0.3 is 4.74 Å². The number of ether oxygens (including phenoxy) is 1. The number of ketones is 2. The largest absolute Gasteiger partial charge is 0.384 e. The van der Waals surface area contributed by atoms with Gasteiger partial charge in [-0.3, -0.25) is 9.59 Å². The van der Waals surface area contributed by atoms with Gasteiger partial charge in [-0.15, -0.1) is 11.3 Å². The lowest BCUT2D eigenvalue weighted by Gasteiger charge is -1.98. The number of rotatable bonds is 6. The maximum Gasteiger partial charge on any atom is 0.180 e. The fourth-order valence-electron chi connectivity index (χ4n) is 1.03. The van der Waals surface area contributed by atoms with Crippen LogP contribution in [0.15, 0.2) is 15.9 Å². The highest BCUT2D eigenvalue weighted by Crippen LogP contribution is 2.23. The summed E-state index contributed by atoms with van der Waals surface area (Å²) in [6.45, 7) is 0.375. The number of halogens is 1. The summed E-state index contributed by atoms with van der Waals surface area (Å²) >= 11 is 4.62. The first-order valence-electron chi connectivity index (χ1n) is 4.42. The molecule has 15 heavy (non-hydrogen) atoms. The Kier molecular flexibility index (Phi) is 5.14. The Morgan fingerprint density at radius 1 is 1.47 bits per heavy atom. The van der Waals surface area contributed by atoms with Crippen molar-refractivity contribution in [3.05, 3.63) is 20.8 Å². The molecule has 3 nitrogen and oxygen atoms in total. The first kappa shape index (κ1) is 12.5. The molecule has 1 aromatic heterocycles. The lowest BCUT2D eigenvalue weighted by atomic mass is 10.1. The van der Waals surface area contributed by atoms with Crippen LogP contribution in [-0.4, -0.2) is 25.3 Å². The Bertz CT molecular complexity index is 359. The molecule has 1 heterocycles. The molecule has 0 radical (unpaired) electrons. The van der Waals surface area contributed by atoms with Crippen molar-refractivity contribution in [1.82, 2.24) is 0 Å². The molecule has 0 aliphatic carbocycles. The average Bonchev–Trinajstić information content (AvgIpc) is 2.61. The van der Waals surface area contributed by atoms with E-state index in [-0.39, 0.29) is 18.0 Å². The van der Waals surface area contributed by atoms with E-state index in [4.69, 9.17) is 4.74 Å². The molecule has 1 rings (SSSR count). The van der Waals surface area contributed by atoms with Crippen LogP contribution in [0.5, 0.6) is 0 Å². The van der Waals surface area contributed by atoms with Crippen molar-refractivity contribution >= 4 is 38.8 Å². The highest BCUT2D eigenvalue weighted by atomic mass is 79.9. The van der Waals surface area contributed by atoms with Gasteiger partial charge in [-0.2, -0.15) is 0 Å². The number of carbonyl (C=O) groups excluding carboxylic acids is 2. The molecule has 0 aromatic carbocycles. The minimum absolute atomic E-state index is 0.0314. The van der Waals surface area contributed by atoms with Crippen molar-refractivity contribution in [1.29, 1.82) is 0 Å². The Morgan fingerprint density at radius 3 is 2.73 bits per heavy atom. The maximum absolute atomic E-state index is 11.6. The Hall–Kier alpha value is -0.520. The molecular formula is C10H11BrO3S. The third kappa shape index (κ3) is 4.24. The summed E-state index contributed by atoms with van der Waals surface area (Å²) in [4.78, 5) is 23.5. The third-order valence-corrected chi connectivity index (χ3v) is 3.46. The number of carbonyl (C=O) groups is 2. The Morgan fingerprint density at radius 2 is 2.20 bits per heavy atom. The maximum atomic E-state index is 11.6. The fourth-order valence-corrected chi connectivity index (χ4v) is 2.36. The Balaban J connectivity index is 2.45. The predicted octanol–water partition coefficient (Wildman–Crippen LogP) is 2.69. The summed E-state index contributed by atoms with van der Waals surface area (Å²) in [6.07, 6.45) is 0.269. The molecule has 0 unspecified atom stereocenters. The van der Waals surface area contributed by atoms with Crippen LogP contribution in [0.4, 0.5) is 0 Å². The number of thiophene rings is 1. The number of methoxy groups -OCH3 is 1. The molecule has 5 heteroatoms. The van der Waals surface area contributed by atoms with Crippen molar-refractivity contribution in [3.63, 3.8) is 0 Å². The molecule has 0 saturated heterocycles. The van der Waals surface area contributed by atoms with E-state index in [1.165, 1.54) is 18.4 Å². The van der Waals surface area contributed by atoms with Gasteiger partial charge in [-0.1, -0.05) is 0 Å². The van der Waals surface area contributed by atoms with Gasteiger partial charge in [-0.25, -0.2) is 0 Å². The normalized spacial score (nSPS) is 10.3. The second-order valence-corrected chi connectivity index (χ2v) is 5.45. The van der Waals surface area contributed by atoms with Crippen LogP contribution in [0, 0.1) is 0 Å². The zero-order chi connectivity index (χ0) is 11.3. The van der Waals surface area contributed by atoms with Gasteiger partial charge in [0.05, 0.1) is 21.7 Å². The van der Waals surface area contributed by atoms with E-state index >= 15 is 0 Å². The molecule has 0 aliphatic rings. The molecule has 0 N–H and O–H groups in total. The van der Waals surface area contributed by atoms with E-state index in [1.54, 1.807) is 12.1 Å². The second-order valence-electron chi connectivity index (χ2n) is 2.99. The van der Waals surface area contributed by atoms with Crippen LogP contribution in [0.1, 0.15) is 22.5 Å². The van der Waals surface area contributed by atoms with E-state index in [9.17, 15) is 9.59 Å². The van der Waals surface area contributed by atoms with Crippen LogP contribution in [-0.2, 0) is 9.53 Å². The predicted molar refractivity (Wildman–Crippen MR) is 62.5 cm³/mol. The first-order chi connectivity index (χ1) is 7.13. The summed E-state index contributed by atoms with van der Waals surface area (Å²) in [5.74, 6) is -0.196. The Labute approximate surface area is 101 Å². The average molecular weight is 291 g/mol. The van der Waals surface area contributed by atoms with Gasteiger partial charge >= 0.3 is 0 Å². The summed E-state index contributed by atoms with van der Waals surface area (Å²) < 4.78 is 5.67. The van der Waals surface area contributed by atoms with Gasteiger partial charge in [0, 0.05) is 13.5 Å². The highest BCUT2D eigenvalue weighted by Gasteiger charge is 2.13. The zero-order valence-electron chi connectivity index (χ0n) is 8.29. The van der Waals surface area contributed by atoms with Crippen LogP contribution in [0.2, 0.25) is 0 Å². The van der Waals surface area contributed by atoms with Crippen molar-refractivity contribution in [2.45, 2.75) is 12.8 Å². The van der Waals surface area contributed by atoms with Crippen LogP contribution in [0.25, 0.3) is 0 Å². The van der Waals surface area contributed by atoms with E-state index in [0.29, 0.717) is 17.9 Å². The third-order valence-electron chi connectivity index (χ3n) is 1.79. The highest BCUT2D eigenvalue weighted by molar-refractivity contribution is 9.11. The monoisotopic (exact) mass is 290 g/mol. The smallest absolute Gasteiger partial charge is 0.180 e. The van der Waals surface area contributed by atoms with E-state index in [2.05, 4.69) is 15.9 Å². The van der Waals surface area contributed by atoms with E-state index in [1.807, 2.05) is 0 Å². The van der Waals surface area contributed by atoms with E-state index < -0.39 is 0 Å². The van der Waals surface area contributed by atoms with Crippen molar-refractivity contribution in [2.75, 3.05) is 13.7 Å². The lowest BCUT2D eigenvalue weighted by molar-refractivity contribution is -0.119. The fraction of sp³-hybridized carbons (Fsp3) is 0.400.